The number of ketones is 1. The summed E-state index contributed by atoms with van der Waals surface area (Å²) in [4.78, 5) is 22.4. The minimum atomic E-state index is -1.78. The summed E-state index contributed by atoms with van der Waals surface area (Å²) in [6.07, 6.45) is -0.419. The van der Waals surface area contributed by atoms with Crippen LogP contribution in [-0.2, 0) is 9.59 Å². The Morgan fingerprint density at radius 2 is 1.81 bits per heavy atom. The average molecular weight is 297 g/mol. The number of likely N-dealkylation sites (N-methyl/N-ethyl adjacent to an activating group) is 1. The highest BCUT2D eigenvalue weighted by Crippen LogP contribution is 2.18. The highest BCUT2D eigenvalue weighted by atomic mass is 79.9. The predicted molar refractivity (Wildman–Crippen MR) is 63.5 cm³/mol. The number of quaternary nitrogens is 1. The van der Waals surface area contributed by atoms with Crippen LogP contribution in [-0.4, -0.2) is 65.1 Å². The van der Waals surface area contributed by atoms with E-state index in [9.17, 15) is 14.7 Å². The van der Waals surface area contributed by atoms with E-state index in [-0.39, 0.29) is 13.0 Å². The Kier molecular flexibility index (Phi) is 5.58. The summed E-state index contributed by atoms with van der Waals surface area (Å²) in [6.45, 7) is 0.0884. The monoisotopic (exact) mass is 296 g/mol. The summed E-state index contributed by atoms with van der Waals surface area (Å²) in [5, 5.41) is 19.3. The third-order valence-electron chi connectivity index (χ3n) is 2.02. The van der Waals surface area contributed by atoms with Gasteiger partial charge in [-0.3, -0.25) is 9.59 Å². The van der Waals surface area contributed by atoms with E-state index in [1.54, 1.807) is 21.1 Å². The number of carbonyl (C=O) groups excluding carboxylic acids is 1. The lowest BCUT2D eigenvalue weighted by Gasteiger charge is -2.33. The Labute approximate surface area is 104 Å². The molecule has 0 rings (SSSR count). The first kappa shape index (κ1) is 15.5. The lowest BCUT2D eigenvalue weighted by atomic mass is 9.91. The molecule has 0 bridgehead atoms. The molecule has 0 aliphatic carbocycles. The largest absolute Gasteiger partial charge is 0.481 e. The summed E-state index contributed by atoms with van der Waals surface area (Å²) < 4.78 is 0.331. The second-order valence-corrected chi connectivity index (χ2v) is 5.71. The molecule has 0 aliphatic rings. The van der Waals surface area contributed by atoms with Gasteiger partial charge in [-0.2, -0.15) is 0 Å². The van der Waals surface area contributed by atoms with Gasteiger partial charge in [0.25, 0.3) is 0 Å². The summed E-state index contributed by atoms with van der Waals surface area (Å²) in [6, 6.07) is 0. The van der Waals surface area contributed by atoms with E-state index in [2.05, 4.69) is 15.9 Å². The van der Waals surface area contributed by atoms with E-state index in [1.807, 2.05) is 0 Å². The number of carbonyl (C=O) groups is 2. The number of hydrogen-bond donors (Lipinski definition) is 2. The van der Waals surface area contributed by atoms with Gasteiger partial charge in [0.15, 0.2) is 11.4 Å². The second kappa shape index (κ2) is 5.75. The summed E-state index contributed by atoms with van der Waals surface area (Å²) >= 11 is 3.10. The molecule has 0 heterocycles. The first-order chi connectivity index (χ1) is 7.10. The molecule has 0 aromatic carbocycles. The van der Waals surface area contributed by atoms with Crippen LogP contribution in [0, 0.1) is 0 Å². The topological polar surface area (TPSA) is 74.6 Å². The molecule has 1 atom stereocenters. The van der Waals surface area contributed by atoms with Gasteiger partial charge in [-0.25, -0.2) is 0 Å². The molecule has 0 aliphatic heterocycles. The Bertz CT molecular complexity index is 274. The zero-order chi connectivity index (χ0) is 13.0. The van der Waals surface area contributed by atoms with E-state index in [4.69, 9.17) is 5.11 Å². The van der Waals surface area contributed by atoms with Crippen LogP contribution in [0.1, 0.15) is 12.8 Å². The van der Waals surface area contributed by atoms with Crippen molar-refractivity contribution in [1.29, 1.82) is 0 Å². The van der Waals surface area contributed by atoms with Crippen molar-refractivity contribution in [3.05, 3.63) is 0 Å². The third-order valence-corrected chi connectivity index (χ3v) is 2.42. The first-order valence-electron chi connectivity index (χ1n) is 4.94. The van der Waals surface area contributed by atoms with Crippen LogP contribution in [0.15, 0.2) is 0 Å². The van der Waals surface area contributed by atoms with Crippen molar-refractivity contribution in [2.45, 2.75) is 18.4 Å². The van der Waals surface area contributed by atoms with Gasteiger partial charge in [-0.05, 0) is 0 Å². The van der Waals surface area contributed by atoms with E-state index < -0.39 is 23.8 Å². The van der Waals surface area contributed by atoms with Crippen LogP contribution in [0.25, 0.3) is 0 Å². The Morgan fingerprint density at radius 1 is 1.31 bits per heavy atom. The van der Waals surface area contributed by atoms with E-state index in [0.29, 0.717) is 9.81 Å². The van der Waals surface area contributed by atoms with Crippen LogP contribution in [0.4, 0.5) is 0 Å². The lowest BCUT2D eigenvalue weighted by molar-refractivity contribution is -0.875. The standard InChI is InChI=1S/C10H18BrNO4/c1-12(2,3)7-10(16,6-9(14)15)8(13)4-5-11/h16H,4-7H2,1-3H3/p+1. The van der Waals surface area contributed by atoms with Gasteiger partial charge >= 0.3 is 5.97 Å². The third kappa shape index (κ3) is 5.58. The molecule has 6 heteroatoms. The number of nitrogens with zero attached hydrogens (tertiary/aromatic N) is 1. The van der Waals surface area contributed by atoms with Gasteiger partial charge in [-0.15, -0.1) is 0 Å². The quantitative estimate of drug-likeness (QED) is 0.522. The maximum Gasteiger partial charge on any atom is 0.306 e. The van der Waals surface area contributed by atoms with Crippen LogP contribution in [0.2, 0.25) is 0 Å². The lowest BCUT2D eigenvalue weighted by Crippen LogP contribution is -2.54. The number of aliphatic hydroxyl groups is 1. The first-order valence-corrected chi connectivity index (χ1v) is 6.07. The zero-order valence-corrected chi connectivity index (χ0v) is 11.5. The molecule has 0 aromatic heterocycles. The molecule has 5 nitrogen and oxygen atoms in total. The zero-order valence-electron chi connectivity index (χ0n) is 9.86. The van der Waals surface area contributed by atoms with Crippen molar-refractivity contribution < 1.29 is 24.3 Å². The molecule has 0 saturated heterocycles. The van der Waals surface area contributed by atoms with Gasteiger partial charge in [-0.1, -0.05) is 15.9 Å². The fourth-order valence-electron chi connectivity index (χ4n) is 1.60. The minimum absolute atomic E-state index is 0.0884. The SMILES string of the molecule is C[N+](C)(C)CC(O)(CC(=O)O)C(=O)CCBr. The molecule has 0 amide bonds. The average Bonchev–Trinajstić information content (AvgIpc) is 1.98. The highest BCUT2D eigenvalue weighted by molar-refractivity contribution is 9.09. The smallest absolute Gasteiger partial charge is 0.306 e. The van der Waals surface area contributed by atoms with Crippen LogP contribution in [0.3, 0.4) is 0 Å². The van der Waals surface area contributed by atoms with Gasteiger partial charge in [0.05, 0.1) is 27.6 Å². The summed E-state index contributed by atoms with van der Waals surface area (Å²) in [5.74, 6) is -1.60. The highest BCUT2D eigenvalue weighted by Gasteiger charge is 2.42. The Balaban J connectivity index is 4.87. The molecule has 1 unspecified atom stereocenters. The van der Waals surface area contributed by atoms with Crippen molar-refractivity contribution in [1.82, 2.24) is 0 Å². The fourth-order valence-corrected chi connectivity index (χ4v) is 1.96. The molecule has 2 N–H and O–H groups in total. The van der Waals surface area contributed by atoms with E-state index >= 15 is 0 Å². The van der Waals surface area contributed by atoms with Crippen LogP contribution < -0.4 is 0 Å². The van der Waals surface area contributed by atoms with Gasteiger partial charge in [0.1, 0.15) is 6.54 Å². The van der Waals surface area contributed by atoms with Gasteiger partial charge in [0, 0.05) is 11.8 Å². The number of hydrogen-bond acceptors (Lipinski definition) is 3. The number of alkyl halides is 1. The Hall–Kier alpha value is -0.460. The molecular weight excluding hydrogens is 278 g/mol. The van der Waals surface area contributed by atoms with Gasteiger partial charge in [0.2, 0.25) is 0 Å². The predicted octanol–water partition coefficient (Wildman–Crippen LogP) is 0.252. The van der Waals surface area contributed by atoms with Crippen molar-refractivity contribution in [2.24, 2.45) is 0 Å². The summed E-state index contributed by atoms with van der Waals surface area (Å²) in [7, 11) is 5.40. The number of carboxylic acid groups (broad SMARTS) is 1. The fraction of sp³-hybridized carbons (Fsp3) is 0.800. The maximum absolute atomic E-state index is 11.7. The molecule has 94 valence electrons. The minimum Gasteiger partial charge on any atom is -0.481 e. The molecule has 16 heavy (non-hydrogen) atoms. The number of aliphatic carboxylic acids is 1. The van der Waals surface area contributed by atoms with E-state index in [0.717, 1.165) is 0 Å². The van der Waals surface area contributed by atoms with E-state index in [1.165, 1.54) is 0 Å². The van der Waals surface area contributed by atoms with Crippen molar-refractivity contribution in [3.63, 3.8) is 0 Å². The van der Waals surface area contributed by atoms with Crippen LogP contribution >= 0.6 is 15.9 Å². The molecule has 0 spiro atoms. The number of halogens is 1. The van der Waals surface area contributed by atoms with Crippen molar-refractivity contribution in [2.75, 3.05) is 33.0 Å². The molecule has 0 saturated carbocycles. The maximum atomic E-state index is 11.7. The summed E-state index contributed by atoms with van der Waals surface area (Å²) in [5.41, 5.74) is -1.78. The van der Waals surface area contributed by atoms with Crippen LogP contribution in [0.5, 0.6) is 0 Å². The van der Waals surface area contributed by atoms with Gasteiger partial charge < -0.3 is 14.7 Å². The Morgan fingerprint density at radius 3 is 2.12 bits per heavy atom. The molecule has 0 aromatic rings. The number of Topliss-reactive ketones (excluding diaryl/α,β-unsaturated/α-hetero) is 1. The number of carboxylic acids is 1. The normalized spacial score (nSPS) is 15.6. The number of rotatable bonds is 7. The molecule has 0 radical (unpaired) electrons. The molecule has 0 fully saturated rings. The second-order valence-electron chi connectivity index (χ2n) is 4.91. The van der Waals surface area contributed by atoms with Crippen molar-refractivity contribution >= 4 is 27.7 Å². The molecular formula is C10H19BrNO4+. The van der Waals surface area contributed by atoms with Crippen molar-refractivity contribution in [3.8, 4) is 0 Å².